The molecule has 12 heteroatoms. The van der Waals surface area contributed by atoms with Crippen LogP contribution in [0.3, 0.4) is 0 Å². The molecule has 0 bridgehead atoms. The van der Waals surface area contributed by atoms with Crippen LogP contribution in [0.15, 0.2) is 72.3 Å². The number of nitrogens with zero attached hydrogens (tertiary/aromatic N) is 1. The molecule has 3 N–H and O–H groups in total. The molecule has 0 aromatic heterocycles. The lowest BCUT2D eigenvalue weighted by Crippen LogP contribution is -2.53. The summed E-state index contributed by atoms with van der Waals surface area (Å²) in [6, 6.07) is 15.2. The number of rotatable bonds is 6. The second kappa shape index (κ2) is 10.9. The highest BCUT2D eigenvalue weighted by Crippen LogP contribution is 2.64. The molecular weight excluding hydrogens is 617 g/mol. The largest absolute Gasteiger partial charge is 0.502 e. The topological polar surface area (TPSA) is 134 Å². The van der Waals surface area contributed by atoms with Gasteiger partial charge in [0.15, 0.2) is 11.5 Å². The zero-order valence-corrected chi connectivity index (χ0v) is 25.5. The summed E-state index contributed by atoms with van der Waals surface area (Å²) >= 11 is 6.30. The molecule has 3 fully saturated rings. The van der Waals surface area contributed by atoms with Gasteiger partial charge in [-0.1, -0.05) is 35.4 Å². The Morgan fingerprint density at radius 1 is 0.957 bits per heavy atom. The van der Waals surface area contributed by atoms with Crippen molar-refractivity contribution in [3.8, 4) is 17.2 Å². The number of aromatic hydroxyl groups is 1. The van der Waals surface area contributed by atoms with Crippen LogP contribution in [0.4, 0.5) is 10.1 Å². The first-order chi connectivity index (χ1) is 22.1. The summed E-state index contributed by atoms with van der Waals surface area (Å²) in [5, 5.41) is 14.7. The fourth-order valence-corrected chi connectivity index (χ4v) is 8.15. The molecule has 10 nitrogen and oxygen atoms in total. The first kappa shape index (κ1) is 29.8. The normalized spacial score (nSPS) is 28.2. The third-order valence-corrected chi connectivity index (χ3v) is 10.2. The van der Waals surface area contributed by atoms with Crippen LogP contribution >= 0.6 is 11.6 Å². The number of imide groups is 2. The van der Waals surface area contributed by atoms with Crippen molar-refractivity contribution in [3.05, 3.63) is 94.3 Å². The molecule has 7 rings (SSSR count). The lowest BCUT2D eigenvalue weighted by molar-refractivity contribution is -0.138. The number of phenolic OH excluding ortho intramolecular Hbond substituents is 1. The molecule has 0 spiro atoms. The highest BCUT2D eigenvalue weighted by atomic mass is 35.5. The van der Waals surface area contributed by atoms with E-state index in [4.69, 9.17) is 21.1 Å². The molecule has 6 atom stereocenters. The van der Waals surface area contributed by atoms with E-state index in [0.29, 0.717) is 21.8 Å². The standard InChI is InChI=1S/C34H29ClFN3O7/c1-45-25-13-16(14-26(46-2)29(25)40)28-21-11-12-22-27(31(42)37-30(22)41)23(21)15-24-32(43)39(38-20-9-7-19(36)8-10-20)33(44)34(24,28)17-3-5-18(35)6-4-17/h3-11,13-14,22-24,27-28,38,40H,12,15H2,1-2H3,(H,37,41,42)/t22-,23+,24-,27-,28-,34+/m0/s1. The predicted octanol–water partition coefficient (Wildman–Crippen LogP) is 4.47. The minimum atomic E-state index is -1.57. The average Bonchev–Trinajstić information content (AvgIpc) is 3.46. The highest BCUT2D eigenvalue weighted by Gasteiger charge is 2.70. The molecule has 3 aromatic carbocycles. The highest BCUT2D eigenvalue weighted by molar-refractivity contribution is 6.30. The maximum Gasteiger partial charge on any atom is 0.260 e. The van der Waals surface area contributed by atoms with E-state index in [-0.39, 0.29) is 36.0 Å². The summed E-state index contributed by atoms with van der Waals surface area (Å²) in [6.07, 6.45) is 2.27. The van der Waals surface area contributed by atoms with E-state index in [9.17, 15) is 23.9 Å². The Kier molecular flexibility index (Phi) is 7.04. The number of amides is 4. The van der Waals surface area contributed by atoms with Crippen molar-refractivity contribution in [3.63, 3.8) is 0 Å². The van der Waals surface area contributed by atoms with E-state index >= 15 is 4.79 Å². The van der Waals surface area contributed by atoms with Crippen LogP contribution in [0.1, 0.15) is 29.9 Å². The number of allylic oxidation sites excluding steroid dienone is 2. The van der Waals surface area contributed by atoms with Crippen LogP contribution in [0.5, 0.6) is 17.2 Å². The summed E-state index contributed by atoms with van der Waals surface area (Å²) in [6.45, 7) is 0. The minimum Gasteiger partial charge on any atom is -0.502 e. The summed E-state index contributed by atoms with van der Waals surface area (Å²) in [7, 11) is 2.77. The molecule has 236 valence electrons. The van der Waals surface area contributed by atoms with Gasteiger partial charge in [-0.3, -0.25) is 29.9 Å². The molecule has 2 aliphatic heterocycles. The molecule has 0 radical (unpaired) electrons. The number of fused-ring (bicyclic) bond motifs is 4. The SMILES string of the molecule is COc1cc([C@H]2C3=CC[C@@H]4C(=O)NC(=O)[C@@H]4[C@@H]3C[C@H]3C(=O)N(Nc4ccc(F)cc4)C(=O)[C@@]23c2ccc(Cl)cc2)cc(OC)c1O. The quantitative estimate of drug-likeness (QED) is 0.264. The van der Waals surface area contributed by atoms with E-state index in [1.54, 1.807) is 36.4 Å². The number of hydrazine groups is 1. The van der Waals surface area contributed by atoms with Gasteiger partial charge in [-0.2, -0.15) is 5.01 Å². The molecule has 2 saturated heterocycles. The molecule has 4 amide bonds. The van der Waals surface area contributed by atoms with E-state index in [1.165, 1.54) is 38.5 Å². The monoisotopic (exact) mass is 645 g/mol. The van der Waals surface area contributed by atoms with Crippen molar-refractivity contribution in [1.82, 2.24) is 10.3 Å². The number of hydrogen-bond donors (Lipinski definition) is 3. The van der Waals surface area contributed by atoms with Crippen LogP contribution in [0.2, 0.25) is 5.02 Å². The summed E-state index contributed by atoms with van der Waals surface area (Å²) < 4.78 is 24.7. The van der Waals surface area contributed by atoms with Gasteiger partial charge in [-0.15, -0.1) is 0 Å². The van der Waals surface area contributed by atoms with Gasteiger partial charge in [-0.25, -0.2) is 4.39 Å². The van der Waals surface area contributed by atoms with Gasteiger partial charge in [0.2, 0.25) is 17.6 Å². The Bertz CT molecular complexity index is 1800. The van der Waals surface area contributed by atoms with Crippen LogP contribution in [0.25, 0.3) is 0 Å². The fraction of sp³-hybridized carbons (Fsp3) is 0.294. The molecule has 2 heterocycles. The number of anilines is 1. The van der Waals surface area contributed by atoms with Gasteiger partial charge in [0.25, 0.3) is 11.8 Å². The van der Waals surface area contributed by atoms with Gasteiger partial charge >= 0.3 is 0 Å². The van der Waals surface area contributed by atoms with E-state index in [1.807, 2.05) is 6.08 Å². The number of ether oxygens (including phenoxy) is 2. The molecule has 46 heavy (non-hydrogen) atoms. The summed E-state index contributed by atoms with van der Waals surface area (Å²) in [5.74, 6) is -6.23. The summed E-state index contributed by atoms with van der Waals surface area (Å²) in [4.78, 5) is 55.7. The van der Waals surface area contributed by atoms with Crippen molar-refractivity contribution in [1.29, 1.82) is 0 Å². The Morgan fingerprint density at radius 2 is 1.61 bits per heavy atom. The molecule has 0 unspecified atom stereocenters. The first-order valence-corrected chi connectivity index (χ1v) is 15.1. The van der Waals surface area contributed by atoms with E-state index in [2.05, 4.69) is 10.7 Å². The number of methoxy groups -OCH3 is 2. The lowest BCUT2D eigenvalue weighted by Gasteiger charge is -2.50. The third kappa shape index (κ3) is 4.21. The predicted molar refractivity (Wildman–Crippen MR) is 163 cm³/mol. The number of benzene rings is 3. The molecule has 3 aromatic rings. The number of phenols is 1. The van der Waals surface area contributed by atoms with Crippen molar-refractivity contribution < 1.29 is 38.1 Å². The molecule has 1 saturated carbocycles. The van der Waals surface area contributed by atoms with Crippen molar-refractivity contribution in [2.45, 2.75) is 24.2 Å². The smallest absolute Gasteiger partial charge is 0.260 e. The summed E-state index contributed by atoms with van der Waals surface area (Å²) in [5.41, 5.74) is 3.36. The zero-order valence-electron chi connectivity index (χ0n) is 24.8. The molecule has 4 aliphatic rings. The first-order valence-electron chi connectivity index (χ1n) is 14.8. The van der Waals surface area contributed by atoms with E-state index < -0.39 is 58.5 Å². The van der Waals surface area contributed by atoms with Crippen molar-refractivity contribution in [2.24, 2.45) is 23.7 Å². The number of nitrogens with one attached hydrogen (secondary N) is 2. The number of hydrogen-bond acceptors (Lipinski definition) is 8. The van der Waals surface area contributed by atoms with Gasteiger partial charge in [0, 0.05) is 10.9 Å². The van der Waals surface area contributed by atoms with Gasteiger partial charge in [-0.05, 0) is 78.4 Å². The van der Waals surface area contributed by atoms with E-state index in [0.717, 1.165) is 10.6 Å². The fourth-order valence-electron chi connectivity index (χ4n) is 8.02. The third-order valence-electron chi connectivity index (χ3n) is 9.93. The van der Waals surface area contributed by atoms with Crippen LogP contribution in [-0.2, 0) is 24.6 Å². The molecular formula is C34H29ClFN3O7. The maximum atomic E-state index is 15.1. The number of carbonyl (C=O) groups is 4. The Labute approximate surface area is 268 Å². The Morgan fingerprint density at radius 3 is 2.24 bits per heavy atom. The van der Waals surface area contributed by atoms with Crippen LogP contribution < -0.4 is 20.2 Å². The van der Waals surface area contributed by atoms with Crippen molar-refractivity contribution in [2.75, 3.05) is 19.6 Å². The Balaban J connectivity index is 1.50. The molecule has 2 aliphatic carbocycles. The number of halogens is 2. The minimum absolute atomic E-state index is 0.0837. The lowest BCUT2D eigenvalue weighted by atomic mass is 9.49. The van der Waals surface area contributed by atoms with Gasteiger partial charge in [0.05, 0.1) is 43.1 Å². The van der Waals surface area contributed by atoms with Crippen LogP contribution in [0, 0.1) is 29.5 Å². The zero-order chi connectivity index (χ0) is 32.5. The second-order valence-electron chi connectivity index (χ2n) is 12.0. The van der Waals surface area contributed by atoms with Gasteiger partial charge in [0.1, 0.15) is 5.82 Å². The average molecular weight is 646 g/mol. The number of carbonyl (C=O) groups excluding carboxylic acids is 4. The second-order valence-corrected chi connectivity index (χ2v) is 12.4. The van der Waals surface area contributed by atoms with Crippen LogP contribution in [-0.4, -0.2) is 48.0 Å². The van der Waals surface area contributed by atoms with Gasteiger partial charge < -0.3 is 14.6 Å². The Hall–Kier alpha value is -4.90. The van der Waals surface area contributed by atoms with Crippen molar-refractivity contribution >= 4 is 40.9 Å². The maximum absolute atomic E-state index is 15.1.